The van der Waals surface area contributed by atoms with Gasteiger partial charge in [-0.2, -0.15) is 0 Å². The van der Waals surface area contributed by atoms with Crippen molar-refractivity contribution >= 4 is 17.4 Å². The maximum absolute atomic E-state index is 11.0. The van der Waals surface area contributed by atoms with Crippen molar-refractivity contribution in [2.24, 2.45) is 5.73 Å². The largest absolute Gasteiger partial charge is 0.318 e. The van der Waals surface area contributed by atoms with Crippen LogP contribution in [0.1, 0.15) is 24.1 Å². The minimum Gasteiger partial charge on any atom is -0.318 e. The van der Waals surface area contributed by atoms with E-state index in [4.69, 9.17) is 17.3 Å². The quantitative estimate of drug-likeness (QED) is 0.790. The number of hydrogen-bond acceptors (Lipinski definition) is 2. The molecule has 1 aromatic carbocycles. The molecule has 3 heteroatoms. The molecule has 1 rings (SSSR count). The summed E-state index contributed by atoms with van der Waals surface area (Å²) in [7, 11) is 0. The molecule has 0 spiro atoms. The second-order valence-corrected chi connectivity index (χ2v) is 3.50. The van der Waals surface area contributed by atoms with Crippen LogP contribution in [0.15, 0.2) is 18.2 Å². The van der Waals surface area contributed by atoms with Crippen molar-refractivity contribution in [2.45, 2.75) is 19.9 Å². The van der Waals surface area contributed by atoms with E-state index in [2.05, 4.69) is 0 Å². The standard InChI is InChI=1S/C10H12ClNO/c1-6-5-8(3-4-9(6)11)10(12)7(2)13/h3-5,10H,12H2,1-2H3. The van der Waals surface area contributed by atoms with Crippen molar-refractivity contribution < 1.29 is 4.79 Å². The Kier molecular flexibility index (Phi) is 3.07. The Balaban J connectivity index is 3.03. The summed E-state index contributed by atoms with van der Waals surface area (Å²) in [6.07, 6.45) is 0. The molecule has 1 unspecified atom stereocenters. The van der Waals surface area contributed by atoms with E-state index in [-0.39, 0.29) is 5.78 Å². The number of ketones is 1. The average molecular weight is 198 g/mol. The van der Waals surface area contributed by atoms with Gasteiger partial charge in [0.05, 0.1) is 6.04 Å². The number of carbonyl (C=O) groups is 1. The van der Waals surface area contributed by atoms with Crippen molar-refractivity contribution in [2.75, 3.05) is 0 Å². The van der Waals surface area contributed by atoms with E-state index in [0.717, 1.165) is 11.1 Å². The molecule has 0 aliphatic rings. The summed E-state index contributed by atoms with van der Waals surface area (Å²) in [4.78, 5) is 11.0. The summed E-state index contributed by atoms with van der Waals surface area (Å²) in [5.41, 5.74) is 7.42. The lowest BCUT2D eigenvalue weighted by molar-refractivity contribution is -0.118. The van der Waals surface area contributed by atoms with Gasteiger partial charge in [-0.3, -0.25) is 4.79 Å². The number of aryl methyl sites for hydroxylation is 1. The van der Waals surface area contributed by atoms with Gasteiger partial charge < -0.3 is 5.73 Å². The van der Waals surface area contributed by atoms with E-state index in [9.17, 15) is 4.79 Å². The number of Topliss-reactive ketones (excluding diaryl/α,β-unsaturated/α-hetero) is 1. The van der Waals surface area contributed by atoms with Gasteiger partial charge in [-0.25, -0.2) is 0 Å². The summed E-state index contributed by atoms with van der Waals surface area (Å²) >= 11 is 5.84. The van der Waals surface area contributed by atoms with E-state index < -0.39 is 6.04 Å². The third-order valence-electron chi connectivity index (χ3n) is 1.98. The highest BCUT2D eigenvalue weighted by atomic mass is 35.5. The van der Waals surface area contributed by atoms with E-state index in [0.29, 0.717) is 5.02 Å². The maximum Gasteiger partial charge on any atom is 0.150 e. The van der Waals surface area contributed by atoms with Gasteiger partial charge >= 0.3 is 0 Å². The summed E-state index contributed by atoms with van der Waals surface area (Å²) in [5.74, 6) is -0.0401. The Morgan fingerprint density at radius 2 is 2.15 bits per heavy atom. The van der Waals surface area contributed by atoms with Crippen molar-refractivity contribution in [3.63, 3.8) is 0 Å². The smallest absolute Gasteiger partial charge is 0.150 e. The fraction of sp³-hybridized carbons (Fsp3) is 0.300. The molecular formula is C10H12ClNO. The molecule has 13 heavy (non-hydrogen) atoms. The topological polar surface area (TPSA) is 43.1 Å². The molecule has 70 valence electrons. The molecule has 1 atom stereocenters. The monoisotopic (exact) mass is 197 g/mol. The van der Waals surface area contributed by atoms with Crippen molar-refractivity contribution in [1.82, 2.24) is 0 Å². The van der Waals surface area contributed by atoms with Gasteiger partial charge in [-0.1, -0.05) is 23.7 Å². The average Bonchev–Trinajstić information content (AvgIpc) is 2.08. The molecule has 2 N–H and O–H groups in total. The zero-order chi connectivity index (χ0) is 10.0. The molecular weight excluding hydrogens is 186 g/mol. The Labute approximate surface area is 82.7 Å². The summed E-state index contributed by atoms with van der Waals surface area (Å²) in [6.45, 7) is 3.37. The van der Waals surface area contributed by atoms with Gasteiger partial charge in [0, 0.05) is 5.02 Å². The van der Waals surface area contributed by atoms with Crippen molar-refractivity contribution in [3.8, 4) is 0 Å². The molecule has 1 aromatic rings. The summed E-state index contributed by atoms with van der Waals surface area (Å²) in [6, 6.07) is 4.85. The number of carbonyl (C=O) groups excluding carboxylic acids is 1. The van der Waals surface area contributed by atoms with Crippen LogP contribution in [0, 0.1) is 6.92 Å². The molecule has 0 aliphatic heterocycles. The second-order valence-electron chi connectivity index (χ2n) is 3.10. The van der Waals surface area contributed by atoms with E-state index >= 15 is 0 Å². The van der Waals surface area contributed by atoms with Crippen LogP contribution in [-0.2, 0) is 4.79 Å². The van der Waals surface area contributed by atoms with Gasteiger partial charge in [-0.05, 0) is 31.0 Å². The van der Waals surface area contributed by atoms with E-state index in [1.165, 1.54) is 6.92 Å². The normalized spacial score (nSPS) is 12.6. The lowest BCUT2D eigenvalue weighted by Gasteiger charge is -2.09. The van der Waals surface area contributed by atoms with Crippen LogP contribution in [0.25, 0.3) is 0 Å². The fourth-order valence-electron chi connectivity index (χ4n) is 1.10. The fourth-order valence-corrected chi connectivity index (χ4v) is 1.21. The van der Waals surface area contributed by atoms with Crippen LogP contribution < -0.4 is 5.73 Å². The first-order valence-corrected chi connectivity index (χ1v) is 4.42. The Morgan fingerprint density at radius 3 is 2.62 bits per heavy atom. The maximum atomic E-state index is 11.0. The van der Waals surface area contributed by atoms with Gasteiger partial charge in [0.25, 0.3) is 0 Å². The Morgan fingerprint density at radius 1 is 1.54 bits per heavy atom. The van der Waals surface area contributed by atoms with Gasteiger partial charge in [0.15, 0.2) is 5.78 Å². The highest BCUT2D eigenvalue weighted by Crippen LogP contribution is 2.19. The highest BCUT2D eigenvalue weighted by molar-refractivity contribution is 6.31. The lowest BCUT2D eigenvalue weighted by atomic mass is 10.0. The van der Waals surface area contributed by atoms with Gasteiger partial charge in [0.2, 0.25) is 0 Å². The first-order chi connectivity index (χ1) is 6.02. The van der Waals surface area contributed by atoms with Crippen LogP contribution >= 0.6 is 11.6 Å². The number of rotatable bonds is 2. The number of nitrogens with two attached hydrogens (primary N) is 1. The van der Waals surface area contributed by atoms with Gasteiger partial charge in [-0.15, -0.1) is 0 Å². The zero-order valence-electron chi connectivity index (χ0n) is 7.67. The predicted octanol–water partition coefficient (Wildman–Crippen LogP) is 2.24. The summed E-state index contributed by atoms with van der Waals surface area (Å²) in [5, 5.41) is 0.694. The first kappa shape index (κ1) is 10.2. The minimum atomic E-state index is -0.532. The molecule has 0 saturated carbocycles. The molecule has 0 aromatic heterocycles. The predicted molar refractivity (Wildman–Crippen MR) is 53.8 cm³/mol. The molecule has 0 aliphatic carbocycles. The minimum absolute atomic E-state index is 0.0401. The molecule has 0 amide bonds. The van der Waals surface area contributed by atoms with Crippen molar-refractivity contribution in [3.05, 3.63) is 34.3 Å². The van der Waals surface area contributed by atoms with Gasteiger partial charge in [0.1, 0.15) is 0 Å². The Bertz CT molecular complexity index is 336. The summed E-state index contributed by atoms with van der Waals surface area (Å²) < 4.78 is 0. The van der Waals surface area contributed by atoms with E-state index in [1.54, 1.807) is 12.1 Å². The molecule has 0 bridgehead atoms. The van der Waals surface area contributed by atoms with Crippen LogP contribution in [0.3, 0.4) is 0 Å². The molecule has 0 fully saturated rings. The molecule has 2 nitrogen and oxygen atoms in total. The van der Waals surface area contributed by atoms with E-state index in [1.807, 2.05) is 13.0 Å². The molecule has 0 saturated heterocycles. The number of halogens is 1. The Hall–Kier alpha value is -0.860. The SMILES string of the molecule is CC(=O)C(N)c1ccc(Cl)c(C)c1. The lowest BCUT2D eigenvalue weighted by Crippen LogP contribution is -2.18. The second kappa shape index (κ2) is 3.90. The molecule has 0 radical (unpaired) electrons. The number of benzene rings is 1. The third kappa shape index (κ3) is 2.29. The van der Waals surface area contributed by atoms with Crippen LogP contribution in [0.2, 0.25) is 5.02 Å². The third-order valence-corrected chi connectivity index (χ3v) is 2.40. The zero-order valence-corrected chi connectivity index (χ0v) is 8.43. The van der Waals surface area contributed by atoms with Crippen molar-refractivity contribution in [1.29, 1.82) is 0 Å². The van der Waals surface area contributed by atoms with Crippen LogP contribution in [-0.4, -0.2) is 5.78 Å². The van der Waals surface area contributed by atoms with Crippen LogP contribution in [0.4, 0.5) is 0 Å². The first-order valence-electron chi connectivity index (χ1n) is 4.04. The highest BCUT2D eigenvalue weighted by Gasteiger charge is 2.11. The van der Waals surface area contributed by atoms with Crippen LogP contribution in [0.5, 0.6) is 0 Å². The number of hydrogen-bond donors (Lipinski definition) is 1. The molecule has 0 heterocycles.